The first kappa shape index (κ1) is 20.0. The predicted octanol–water partition coefficient (Wildman–Crippen LogP) is 3.87. The van der Waals surface area contributed by atoms with Gasteiger partial charge in [-0.15, -0.1) is 0 Å². The van der Waals surface area contributed by atoms with Gasteiger partial charge in [-0.1, -0.05) is 43.3 Å². The topological polar surface area (TPSA) is 72.7 Å². The van der Waals surface area contributed by atoms with Gasteiger partial charge in [0.2, 0.25) is 0 Å². The molecule has 0 spiro atoms. The van der Waals surface area contributed by atoms with Crippen molar-refractivity contribution in [2.45, 2.75) is 70.2 Å². The van der Waals surface area contributed by atoms with Crippen LogP contribution in [0.3, 0.4) is 0 Å². The number of hydrogen-bond acceptors (Lipinski definition) is 4. The molecule has 2 aromatic rings. The number of rotatable bonds is 4. The van der Waals surface area contributed by atoms with Crippen molar-refractivity contribution in [2.24, 2.45) is 17.3 Å². The van der Waals surface area contributed by atoms with Crippen LogP contribution in [0.15, 0.2) is 42.5 Å². The number of para-hydroxylation sites is 1. The Hall–Kier alpha value is -1.88. The molecule has 4 heteroatoms. The van der Waals surface area contributed by atoms with E-state index < -0.39 is 0 Å². The fourth-order valence-electron chi connectivity index (χ4n) is 6.85. The number of phenolic OH excluding ortho intramolecular Hbond substituents is 1. The molecule has 0 saturated heterocycles. The highest BCUT2D eigenvalue weighted by Gasteiger charge is 2.57. The summed E-state index contributed by atoms with van der Waals surface area (Å²) in [6.07, 6.45) is 5.07. The molecule has 5 rings (SSSR count). The van der Waals surface area contributed by atoms with E-state index >= 15 is 0 Å². The molecule has 4 N–H and O–H groups in total. The number of fused-ring (bicyclic) bond motifs is 5. The van der Waals surface area contributed by atoms with Crippen molar-refractivity contribution in [3.63, 3.8) is 0 Å². The first-order chi connectivity index (χ1) is 14.5. The lowest BCUT2D eigenvalue weighted by atomic mass is 9.55. The zero-order chi connectivity index (χ0) is 20.9. The Morgan fingerprint density at radius 3 is 2.77 bits per heavy atom. The zero-order valence-corrected chi connectivity index (χ0v) is 17.7. The smallest absolute Gasteiger partial charge is 0.120 e. The molecule has 0 aliphatic heterocycles. The van der Waals surface area contributed by atoms with Gasteiger partial charge in [0, 0.05) is 18.2 Å². The first-order valence-electron chi connectivity index (χ1n) is 11.4. The number of aliphatic hydroxyl groups excluding tert-OH is 2. The van der Waals surface area contributed by atoms with Crippen LogP contribution in [-0.4, -0.2) is 27.5 Å². The van der Waals surface area contributed by atoms with E-state index in [4.69, 9.17) is 0 Å². The number of benzene rings is 2. The molecule has 6 atom stereocenters. The number of phenols is 1. The maximum atomic E-state index is 11.3. The molecule has 2 fully saturated rings. The van der Waals surface area contributed by atoms with Gasteiger partial charge in [0.05, 0.1) is 12.7 Å². The lowest BCUT2D eigenvalue weighted by molar-refractivity contribution is -0.0281. The van der Waals surface area contributed by atoms with Crippen molar-refractivity contribution in [1.82, 2.24) is 5.32 Å². The van der Waals surface area contributed by atoms with Crippen molar-refractivity contribution < 1.29 is 15.3 Å². The Balaban J connectivity index is 1.35. The minimum absolute atomic E-state index is 0.0416. The molecule has 2 aromatic carbocycles. The molecule has 0 radical (unpaired) electrons. The largest absolute Gasteiger partial charge is 0.508 e. The van der Waals surface area contributed by atoms with Crippen LogP contribution >= 0.6 is 0 Å². The van der Waals surface area contributed by atoms with E-state index in [9.17, 15) is 15.3 Å². The summed E-state index contributed by atoms with van der Waals surface area (Å²) >= 11 is 0. The average molecular weight is 408 g/mol. The van der Waals surface area contributed by atoms with Gasteiger partial charge >= 0.3 is 0 Å². The molecular weight excluding hydrogens is 374 g/mol. The SMILES string of the molecule is C[C@]12CCC3c4ccc(CO)cc4CCC3C1C[C@H](NCc1ccccc1O)[C@@H]2O. The Morgan fingerprint density at radius 2 is 1.97 bits per heavy atom. The van der Waals surface area contributed by atoms with E-state index in [0.29, 0.717) is 30.0 Å². The van der Waals surface area contributed by atoms with Crippen LogP contribution in [0, 0.1) is 17.3 Å². The molecule has 160 valence electrons. The quantitative estimate of drug-likeness (QED) is 0.621. The fraction of sp³-hybridized carbons (Fsp3) is 0.538. The highest BCUT2D eigenvalue weighted by Crippen LogP contribution is 2.60. The third-order valence-electron chi connectivity index (χ3n) is 8.52. The van der Waals surface area contributed by atoms with Crippen LogP contribution in [0.4, 0.5) is 0 Å². The lowest BCUT2D eigenvalue weighted by Crippen LogP contribution is -2.46. The molecule has 4 nitrogen and oxygen atoms in total. The third-order valence-corrected chi connectivity index (χ3v) is 8.52. The average Bonchev–Trinajstić information content (AvgIpc) is 3.03. The minimum Gasteiger partial charge on any atom is -0.508 e. The van der Waals surface area contributed by atoms with Gasteiger partial charge in [-0.3, -0.25) is 0 Å². The lowest BCUT2D eigenvalue weighted by Gasteiger charge is -2.50. The van der Waals surface area contributed by atoms with Crippen molar-refractivity contribution in [2.75, 3.05) is 0 Å². The monoisotopic (exact) mass is 407 g/mol. The molecule has 2 saturated carbocycles. The van der Waals surface area contributed by atoms with Gasteiger partial charge in [0.15, 0.2) is 0 Å². The van der Waals surface area contributed by atoms with E-state index in [0.717, 1.165) is 36.8 Å². The molecule has 3 unspecified atom stereocenters. The second-order valence-corrected chi connectivity index (χ2v) is 9.95. The van der Waals surface area contributed by atoms with Crippen LogP contribution in [-0.2, 0) is 19.6 Å². The van der Waals surface area contributed by atoms with Gasteiger partial charge in [-0.05, 0) is 78.0 Å². The number of aryl methyl sites for hydroxylation is 1. The molecule has 0 bridgehead atoms. The zero-order valence-electron chi connectivity index (χ0n) is 17.7. The van der Waals surface area contributed by atoms with Crippen LogP contribution in [0.5, 0.6) is 5.75 Å². The maximum absolute atomic E-state index is 11.3. The second-order valence-electron chi connectivity index (χ2n) is 9.95. The Morgan fingerprint density at radius 1 is 1.13 bits per heavy atom. The third kappa shape index (κ3) is 3.17. The summed E-state index contributed by atoms with van der Waals surface area (Å²) in [7, 11) is 0. The van der Waals surface area contributed by atoms with Crippen molar-refractivity contribution in [3.8, 4) is 5.75 Å². The highest BCUT2D eigenvalue weighted by atomic mass is 16.3. The molecular formula is C26H33NO3. The van der Waals surface area contributed by atoms with Crippen molar-refractivity contribution >= 4 is 0 Å². The Kier molecular flexibility index (Phi) is 5.12. The van der Waals surface area contributed by atoms with Gasteiger partial charge in [-0.2, -0.15) is 0 Å². The molecule has 0 amide bonds. The predicted molar refractivity (Wildman–Crippen MR) is 117 cm³/mol. The van der Waals surface area contributed by atoms with Gasteiger partial charge in [0.25, 0.3) is 0 Å². The van der Waals surface area contributed by atoms with Crippen LogP contribution in [0.2, 0.25) is 0 Å². The summed E-state index contributed by atoms with van der Waals surface area (Å²) in [5.74, 6) is 2.01. The van der Waals surface area contributed by atoms with Crippen LogP contribution in [0.25, 0.3) is 0 Å². The van der Waals surface area contributed by atoms with Gasteiger partial charge < -0.3 is 20.6 Å². The molecule has 0 heterocycles. The molecule has 30 heavy (non-hydrogen) atoms. The van der Waals surface area contributed by atoms with E-state index in [2.05, 4.69) is 30.4 Å². The second kappa shape index (κ2) is 7.67. The summed E-state index contributed by atoms with van der Waals surface area (Å²) in [6, 6.07) is 14.0. The summed E-state index contributed by atoms with van der Waals surface area (Å²) in [4.78, 5) is 0. The van der Waals surface area contributed by atoms with Gasteiger partial charge in [-0.25, -0.2) is 0 Å². The summed E-state index contributed by atoms with van der Waals surface area (Å²) in [5, 5.41) is 34.4. The number of aromatic hydroxyl groups is 1. The van der Waals surface area contributed by atoms with E-state index in [1.165, 1.54) is 17.5 Å². The van der Waals surface area contributed by atoms with Crippen molar-refractivity contribution in [3.05, 3.63) is 64.7 Å². The van der Waals surface area contributed by atoms with E-state index in [-0.39, 0.29) is 24.2 Å². The molecule has 3 aliphatic rings. The highest BCUT2D eigenvalue weighted by molar-refractivity contribution is 5.38. The number of aliphatic hydroxyl groups is 2. The van der Waals surface area contributed by atoms with E-state index in [1.807, 2.05) is 18.2 Å². The molecule has 0 aromatic heterocycles. The van der Waals surface area contributed by atoms with Crippen molar-refractivity contribution in [1.29, 1.82) is 0 Å². The number of hydrogen-bond donors (Lipinski definition) is 4. The summed E-state index contributed by atoms with van der Waals surface area (Å²) in [5.41, 5.74) is 4.75. The van der Waals surface area contributed by atoms with E-state index in [1.54, 1.807) is 6.07 Å². The fourth-order valence-corrected chi connectivity index (χ4v) is 6.85. The maximum Gasteiger partial charge on any atom is 0.120 e. The Labute approximate surface area is 179 Å². The molecule has 3 aliphatic carbocycles. The van der Waals surface area contributed by atoms with Gasteiger partial charge in [0.1, 0.15) is 5.75 Å². The normalized spacial score (nSPS) is 34.8. The summed E-state index contributed by atoms with van der Waals surface area (Å²) in [6.45, 7) is 2.99. The van der Waals surface area contributed by atoms with Crippen LogP contribution in [0.1, 0.15) is 60.8 Å². The minimum atomic E-state index is -0.354. The van der Waals surface area contributed by atoms with Crippen LogP contribution < -0.4 is 5.32 Å². The number of nitrogens with one attached hydrogen (secondary N) is 1. The summed E-state index contributed by atoms with van der Waals surface area (Å²) < 4.78 is 0. The standard InChI is InChI=1S/C26H33NO3/c1-26-11-10-20-19-8-6-16(15-28)12-17(19)7-9-21(20)22(26)13-23(25(26)30)27-14-18-4-2-3-5-24(18)29/h2-6,8,12,20-23,25,27-30H,7,9-11,13-15H2,1H3/t20?,21?,22?,23-,25-,26-/m0/s1. The Bertz CT molecular complexity index is 928. The first-order valence-corrected chi connectivity index (χ1v) is 11.4.